The number of hydrogen-bond acceptors (Lipinski definition) is 5. The van der Waals surface area contributed by atoms with E-state index in [-0.39, 0.29) is 0 Å². The van der Waals surface area contributed by atoms with E-state index in [9.17, 15) is 14.4 Å². The van der Waals surface area contributed by atoms with Crippen molar-refractivity contribution in [2.45, 2.75) is 0 Å². The van der Waals surface area contributed by atoms with E-state index in [0.29, 0.717) is 43.1 Å². The fourth-order valence-corrected chi connectivity index (χ4v) is 2.87. The number of rotatable bonds is 3. The summed E-state index contributed by atoms with van der Waals surface area (Å²) in [7, 11) is 0. The molecule has 0 saturated carbocycles. The van der Waals surface area contributed by atoms with Crippen LogP contribution in [0.25, 0.3) is 0 Å². The van der Waals surface area contributed by atoms with Crippen LogP contribution in [0, 0.1) is 17.1 Å². The van der Waals surface area contributed by atoms with E-state index in [1.165, 1.54) is 12.1 Å². The van der Waals surface area contributed by atoms with Crippen LogP contribution in [-0.2, 0) is 0 Å². The third-order valence-electron chi connectivity index (χ3n) is 4.05. The Balaban J connectivity index is 1.78. The Labute approximate surface area is 138 Å². The Hall–Kier alpha value is -3.14. The molecule has 2 aromatic rings. The van der Waals surface area contributed by atoms with Crippen molar-refractivity contribution < 1.29 is 9.18 Å². The minimum Gasteiger partial charge on any atom is -0.367 e. The molecular formula is C17H16FN5O. The summed E-state index contributed by atoms with van der Waals surface area (Å²) in [6.07, 6.45) is 1.63. The Morgan fingerprint density at radius 3 is 2.58 bits per heavy atom. The van der Waals surface area contributed by atoms with Crippen LogP contribution in [0.15, 0.2) is 36.5 Å². The highest BCUT2D eigenvalue weighted by Crippen LogP contribution is 2.24. The lowest BCUT2D eigenvalue weighted by molar-refractivity contribution is 0.100. The van der Waals surface area contributed by atoms with Crippen LogP contribution in [0.5, 0.6) is 0 Å². The van der Waals surface area contributed by atoms with Crippen LogP contribution in [0.2, 0.25) is 0 Å². The molecule has 1 aliphatic rings. The number of nitrogens with zero attached hydrogens (tertiary/aromatic N) is 4. The molecule has 0 unspecified atom stereocenters. The summed E-state index contributed by atoms with van der Waals surface area (Å²) in [6, 6.07) is 9.59. The summed E-state index contributed by atoms with van der Waals surface area (Å²) in [5.41, 5.74) is 6.83. The zero-order valence-corrected chi connectivity index (χ0v) is 12.9. The summed E-state index contributed by atoms with van der Waals surface area (Å²) in [4.78, 5) is 19.8. The maximum absolute atomic E-state index is 13.3. The van der Waals surface area contributed by atoms with Gasteiger partial charge in [0.2, 0.25) is 0 Å². The van der Waals surface area contributed by atoms with Gasteiger partial charge in [0.15, 0.2) is 0 Å². The lowest BCUT2D eigenvalue weighted by Crippen LogP contribution is -2.47. The van der Waals surface area contributed by atoms with Crippen LogP contribution in [0.3, 0.4) is 0 Å². The molecule has 0 bridgehead atoms. The van der Waals surface area contributed by atoms with Gasteiger partial charge < -0.3 is 15.5 Å². The Morgan fingerprint density at radius 1 is 1.21 bits per heavy atom. The highest BCUT2D eigenvalue weighted by atomic mass is 19.1. The smallest absolute Gasteiger partial charge is 0.252 e. The van der Waals surface area contributed by atoms with Crippen LogP contribution in [0.1, 0.15) is 15.9 Å². The molecule has 122 valence electrons. The van der Waals surface area contributed by atoms with E-state index in [1.54, 1.807) is 24.4 Å². The molecule has 1 amide bonds. The lowest BCUT2D eigenvalue weighted by atomic mass is 10.1. The molecule has 0 atom stereocenters. The summed E-state index contributed by atoms with van der Waals surface area (Å²) >= 11 is 0. The highest BCUT2D eigenvalue weighted by molar-refractivity contribution is 5.97. The number of primary amides is 1. The minimum atomic E-state index is -0.508. The number of anilines is 2. The van der Waals surface area contributed by atoms with Crippen LogP contribution < -0.4 is 15.5 Å². The fraction of sp³-hybridized carbons (Fsp3) is 0.235. The number of carbonyl (C=O) groups is 1. The number of carbonyl (C=O) groups excluding carboxylic acids is 1. The van der Waals surface area contributed by atoms with Gasteiger partial charge >= 0.3 is 0 Å². The molecule has 1 aliphatic heterocycles. The Bertz CT molecular complexity index is 809. The van der Waals surface area contributed by atoms with E-state index in [0.717, 1.165) is 5.69 Å². The molecule has 7 heteroatoms. The maximum atomic E-state index is 13.3. The first kappa shape index (κ1) is 15.7. The van der Waals surface area contributed by atoms with Crippen molar-refractivity contribution >= 4 is 17.4 Å². The van der Waals surface area contributed by atoms with Crippen molar-refractivity contribution in [1.29, 1.82) is 5.26 Å². The summed E-state index contributed by atoms with van der Waals surface area (Å²) in [5, 5.41) is 9.19. The second kappa shape index (κ2) is 6.54. The number of benzene rings is 1. The molecule has 24 heavy (non-hydrogen) atoms. The topological polar surface area (TPSA) is 86.2 Å². The number of hydrogen-bond donors (Lipinski definition) is 1. The third-order valence-corrected chi connectivity index (χ3v) is 4.05. The second-order valence-electron chi connectivity index (χ2n) is 5.49. The van der Waals surface area contributed by atoms with Gasteiger partial charge in [0.05, 0.1) is 16.8 Å². The molecule has 0 radical (unpaired) electrons. The first-order valence-corrected chi connectivity index (χ1v) is 7.54. The van der Waals surface area contributed by atoms with Crippen molar-refractivity contribution in [2.75, 3.05) is 36.0 Å². The average Bonchev–Trinajstić information content (AvgIpc) is 2.61. The van der Waals surface area contributed by atoms with Crippen molar-refractivity contribution in [2.24, 2.45) is 5.73 Å². The van der Waals surface area contributed by atoms with Crippen LogP contribution in [-0.4, -0.2) is 37.1 Å². The van der Waals surface area contributed by atoms with Crippen molar-refractivity contribution in [3.63, 3.8) is 0 Å². The van der Waals surface area contributed by atoms with Gasteiger partial charge in [0, 0.05) is 32.4 Å². The number of aromatic nitrogens is 1. The highest BCUT2D eigenvalue weighted by Gasteiger charge is 2.23. The normalized spacial score (nSPS) is 14.3. The fourth-order valence-electron chi connectivity index (χ4n) is 2.87. The monoisotopic (exact) mass is 325 g/mol. The first-order valence-electron chi connectivity index (χ1n) is 7.54. The number of nitrogens with two attached hydrogens (primary N) is 1. The van der Waals surface area contributed by atoms with Crippen molar-refractivity contribution in [3.8, 4) is 6.07 Å². The molecular weight excluding hydrogens is 309 g/mol. The second-order valence-corrected chi connectivity index (χ2v) is 5.49. The SMILES string of the molecule is N#Cc1cc(F)ccc1N1CCN(c2ncccc2C(N)=O)CC1. The Kier molecular flexibility index (Phi) is 4.29. The molecule has 1 saturated heterocycles. The van der Waals surface area contributed by atoms with E-state index in [4.69, 9.17) is 5.73 Å². The van der Waals surface area contributed by atoms with E-state index in [1.807, 2.05) is 15.9 Å². The van der Waals surface area contributed by atoms with Crippen molar-refractivity contribution in [3.05, 3.63) is 53.5 Å². The summed E-state index contributed by atoms with van der Waals surface area (Å²) < 4.78 is 13.3. The number of pyridine rings is 1. The number of nitriles is 1. The minimum absolute atomic E-state index is 0.319. The van der Waals surface area contributed by atoms with Gasteiger partial charge in [-0.15, -0.1) is 0 Å². The van der Waals surface area contributed by atoms with Gasteiger partial charge in [-0.25, -0.2) is 9.37 Å². The predicted molar refractivity (Wildman–Crippen MR) is 88.3 cm³/mol. The zero-order valence-electron chi connectivity index (χ0n) is 12.9. The van der Waals surface area contributed by atoms with Gasteiger partial charge in [-0.3, -0.25) is 4.79 Å². The van der Waals surface area contributed by atoms with E-state index in [2.05, 4.69) is 4.98 Å². The zero-order chi connectivity index (χ0) is 17.1. The van der Waals surface area contributed by atoms with Gasteiger partial charge in [0.25, 0.3) is 5.91 Å². The third kappa shape index (κ3) is 2.99. The molecule has 3 rings (SSSR count). The molecule has 1 aromatic carbocycles. The standard InChI is InChI=1S/C17H16FN5O/c18-13-3-4-15(12(10-13)11-19)22-6-8-23(9-7-22)17-14(16(20)24)2-1-5-21-17/h1-5,10H,6-9H2,(H2,20,24). The van der Waals surface area contributed by atoms with E-state index < -0.39 is 11.7 Å². The molecule has 0 spiro atoms. The number of halogens is 1. The summed E-state index contributed by atoms with van der Waals surface area (Å²) in [6.45, 7) is 2.52. The predicted octanol–water partition coefficient (Wildman–Crippen LogP) is 1.52. The molecule has 0 aliphatic carbocycles. The van der Waals surface area contributed by atoms with Gasteiger partial charge in [0.1, 0.15) is 17.7 Å². The number of amides is 1. The van der Waals surface area contributed by atoms with Gasteiger partial charge in [-0.2, -0.15) is 5.26 Å². The summed E-state index contributed by atoms with van der Waals surface area (Å²) in [5.74, 6) is -0.358. The van der Waals surface area contributed by atoms with Crippen LogP contribution in [0.4, 0.5) is 15.9 Å². The van der Waals surface area contributed by atoms with E-state index >= 15 is 0 Å². The molecule has 2 N–H and O–H groups in total. The maximum Gasteiger partial charge on any atom is 0.252 e. The van der Waals surface area contributed by atoms with Crippen LogP contribution >= 0.6 is 0 Å². The lowest BCUT2D eigenvalue weighted by Gasteiger charge is -2.37. The Morgan fingerprint density at radius 2 is 1.92 bits per heavy atom. The van der Waals surface area contributed by atoms with Gasteiger partial charge in [-0.05, 0) is 30.3 Å². The van der Waals surface area contributed by atoms with Crippen molar-refractivity contribution in [1.82, 2.24) is 4.98 Å². The average molecular weight is 325 g/mol. The first-order chi connectivity index (χ1) is 11.6. The number of piperazine rings is 1. The molecule has 1 aromatic heterocycles. The molecule has 1 fully saturated rings. The largest absolute Gasteiger partial charge is 0.367 e. The quantitative estimate of drug-likeness (QED) is 0.924. The molecule has 2 heterocycles. The van der Waals surface area contributed by atoms with Gasteiger partial charge in [-0.1, -0.05) is 0 Å². The molecule has 6 nitrogen and oxygen atoms in total.